The summed E-state index contributed by atoms with van der Waals surface area (Å²) in [5.74, 6) is 0.221. The SMILES string of the molecule is CS(=O)(=O)N1CCC[C@@H](c2ccnc(-c3ccn[nH]3)c2)C1. The van der Waals surface area contributed by atoms with Crippen LogP contribution in [0.3, 0.4) is 0 Å². The van der Waals surface area contributed by atoms with E-state index in [9.17, 15) is 8.42 Å². The number of aromatic amines is 1. The van der Waals surface area contributed by atoms with Crippen LogP contribution in [0.1, 0.15) is 24.3 Å². The molecule has 0 amide bonds. The predicted octanol–water partition coefficient (Wildman–Crippen LogP) is 1.61. The van der Waals surface area contributed by atoms with Gasteiger partial charge in [0.2, 0.25) is 10.0 Å². The number of hydrogen-bond donors (Lipinski definition) is 1. The molecule has 0 saturated carbocycles. The van der Waals surface area contributed by atoms with E-state index in [0.29, 0.717) is 13.1 Å². The van der Waals surface area contributed by atoms with E-state index in [1.54, 1.807) is 16.7 Å². The number of nitrogens with zero attached hydrogens (tertiary/aromatic N) is 3. The summed E-state index contributed by atoms with van der Waals surface area (Å²) in [5.41, 5.74) is 2.83. The maximum Gasteiger partial charge on any atom is 0.211 e. The molecule has 3 rings (SSSR count). The molecular formula is C14H18N4O2S. The lowest BCUT2D eigenvalue weighted by Crippen LogP contribution is -2.38. The summed E-state index contributed by atoms with van der Waals surface area (Å²) in [4.78, 5) is 4.34. The van der Waals surface area contributed by atoms with E-state index >= 15 is 0 Å². The molecular weight excluding hydrogens is 288 g/mol. The number of pyridine rings is 1. The molecule has 0 aromatic carbocycles. The smallest absolute Gasteiger partial charge is 0.211 e. The minimum absolute atomic E-state index is 0.221. The first-order valence-corrected chi connectivity index (χ1v) is 8.80. The standard InChI is InChI=1S/C14H18N4O2S/c1-21(19,20)18-8-2-3-12(10-18)11-4-6-15-14(9-11)13-5-7-16-17-13/h4-7,9,12H,2-3,8,10H2,1H3,(H,16,17)/t12-/m1/s1. The third-order valence-electron chi connectivity index (χ3n) is 3.89. The second-order valence-electron chi connectivity index (χ2n) is 5.40. The zero-order valence-electron chi connectivity index (χ0n) is 11.9. The second kappa shape index (κ2) is 5.57. The molecule has 3 heterocycles. The number of rotatable bonds is 3. The van der Waals surface area contributed by atoms with Crippen LogP contribution in [-0.4, -0.2) is 47.2 Å². The highest BCUT2D eigenvalue weighted by Crippen LogP contribution is 2.29. The van der Waals surface area contributed by atoms with Crippen LogP contribution in [0.4, 0.5) is 0 Å². The fraction of sp³-hybridized carbons (Fsp3) is 0.429. The van der Waals surface area contributed by atoms with Crippen molar-refractivity contribution in [3.05, 3.63) is 36.2 Å². The van der Waals surface area contributed by atoms with E-state index in [1.165, 1.54) is 6.26 Å². The Morgan fingerprint density at radius 2 is 2.19 bits per heavy atom. The first-order chi connectivity index (χ1) is 10.0. The average Bonchev–Trinajstić information content (AvgIpc) is 3.01. The van der Waals surface area contributed by atoms with Crippen molar-refractivity contribution in [3.63, 3.8) is 0 Å². The number of sulfonamides is 1. The van der Waals surface area contributed by atoms with Gasteiger partial charge in [0.05, 0.1) is 17.6 Å². The second-order valence-corrected chi connectivity index (χ2v) is 7.39. The van der Waals surface area contributed by atoms with Gasteiger partial charge in [0.25, 0.3) is 0 Å². The van der Waals surface area contributed by atoms with Crippen LogP contribution in [-0.2, 0) is 10.0 Å². The molecule has 1 saturated heterocycles. The molecule has 21 heavy (non-hydrogen) atoms. The Hall–Kier alpha value is -1.73. The van der Waals surface area contributed by atoms with Gasteiger partial charge in [-0.25, -0.2) is 12.7 Å². The third kappa shape index (κ3) is 3.14. The van der Waals surface area contributed by atoms with Crippen LogP contribution < -0.4 is 0 Å². The summed E-state index contributed by atoms with van der Waals surface area (Å²) in [7, 11) is -3.12. The van der Waals surface area contributed by atoms with E-state index in [2.05, 4.69) is 15.2 Å². The lowest BCUT2D eigenvalue weighted by atomic mass is 9.92. The van der Waals surface area contributed by atoms with Crippen molar-refractivity contribution in [2.75, 3.05) is 19.3 Å². The highest BCUT2D eigenvalue weighted by atomic mass is 32.2. The fourth-order valence-electron chi connectivity index (χ4n) is 2.76. The molecule has 112 valence electrons. The minimum atomic E-state index is -3.12. The largest absolute Gasteiger partial charge is 0.276 e. The zero-order valence-corrected chi connectivity index (χ0v) is 12.7. The van der Waals surface area contributed by atoms with E-state index in [-0.39, 0.29) is 5.92 Å². The van der Waals surface area contributed by atoms with Crippen molar-refractivity contribution < 1.29 is 8.42 Å². The molecule has 1 aliphatic heterocycles. The monoisotopic (exact) mass is 306 g/mol. The van der Waals surface area contributed by atoms with E-state index in [4.69, 9.17) is 0 Å². The van der Waals surface area contributed by atoms with Gasteiger partial charge in [0, 0.05) is 25.5 Å². The van der Waals surface area contributed by atoms with E-state index < -0.39 is 10.0 Å². The number of piperidine rings is 1. The molecule has 0 spiro atoms. The number of nitrogens with one attached hydrogen (secondary N) is 1. The molecule has 0 bridgehead atoms. The molecule has 0 radical (unpaired) electrons. The van der Waals surface area contributed by atoms with Crippen molar-refractivity contribution in [2.24, 2.45) is 0 Å². The summed E-state index contributed by atoms with van der Waals surface area (Å²) >= 11 is 0. The van der Waals surface area contributed by atoms with Gasteiger partial charge in [0.1, 0.15) is 0 Å². The van der Waals surface area contributed by atoms with Crippen molar-refractivity contribution in [1.29, 1.82) is 0 Å². The van der Waals surface area contributed by atoms with Crippen LogP contribution in [0.25, 0.3) is 11.4 Å². The van der Waals surface area contributed by atoms with Crippen molar-refractivity contribution >= 4 is 10.0 Å². The van der Waals surface area contributed by atoms with Gasteiger partial charge in [0.15, 0.2) is 0 Å². The third-order valence-corrected chi connectivity index (χ3v) is 5.15. The Kier molecular flexibility index (Phi) is 3.77. The molecule has 7 heteroatoms. The van der Waals surface area contributed by atoms with Crippen LogP contribution in [0.5, 0.6) is 0 Å². The Balaban J connectivity index is 1.85. The van der Waals surface area contributed by atoms with Crippen molar-refractivity contribution in [3.8, 4) is 11.4 Å². The Morgan fingerprint density at radius 3 is 2.90 bits per heavy atom. The highest BCUT2D eigenvalue weighted by molar-refractivity contribution is 7.88. The maximum absolute atomic E-state index is 11.7. The first-order valence-electron chi connectivity index (χ1n) is 6.95. The molecule has 2 aromatic rings. The van der Waals surface area contributed by atoms with Gasteiger partial charge in [-0.15, -0.1) is 0 Å². The fourth-order valence-corrected chi connectivity index (χ4v) is 3.67. The lowest BCUT2D eigenvalue weighted by Gasteiger charge is -2.31. The predicted molar refractivity (Wildman–Crippen MR) is 80.2 cm³/mol. The van der Waals surface area contributed by atoms with E-state index in [1.807, 2.05) is 18.2 Å². The van der Waals surface area contributed by atoms with E-state index in [0.717, 1.165) is 29.8 Å². The summed E-state index contributed by atoms with van der Waals surface area (Å²) in [6.07, 6.45) is 6.62. The number of hydrogen-bond acceptors (Lipinski definition) is 4. The van der Waals surface area contributed by atoms with Crippen LogP contribution >= 0.6 is 0 Å². The summed E-state index contributed by atoms with van der Waals surface area (Å²) in [6.45, 7) is 1.17. The molecule has 0 aliphatic carbocycles. The molecule has 6 nitrogen and oxygen atoms in total. The molecule has 1 atom stereocenters. The number of aromatic nitrogens is 3. The van der Waals surface area contributed by atoms with Crippen LogP contribution in [0.2, 0.25) is 0 Å². The summed E-state index contributed by atoms with van der Waals surface area (Å²) in [6, 6.07) is 5.86. The molecule has 2 aromatic heterocycles. The van der Waals surface area contributed by atoms with Crippen LogP contribution in [0.15, 0.2) is 30.6 Å². The van der Waals surface area contributed by atoms with Crippen molar-refractivity contribution in [2.45, 2.75) is 18.8 Å². The lowest BCUT2D eigenvalue weighted by molar-refractivity contribution is 0.317. The summed E-state index contributed by atoms with van der Waals surface area (Å²) in [5, 5.41) is 6.83. The van der Waals surface area contributed by atoms with Gasteiger partial charge >= 0.3 is 0 Å². The molecule has 1 aliphatic rings. The summed E-state index contributed by atoms with van der Waals surface area (Å²) < 4.78 is 25.0. The van der Waals surface area contributed by atoms with Gasteiger partial charge in [-0.2, -0.15) is 5.10 Å². The molecule has 1 fully saturated rings. The zero-order chi connectivity index (χ0) is 14.9. The maximum atomic E-state index is 11.7. The Labute approximate surface area is 124 Å². The Morgan fingerprint density at radius 1 is 1.33 bits per heavy atom. The van der Waals surface area contributed by atoms with Gasteiger partial charge in [-0.05, 0) is 42.5 Å². The quantitative estimate of drug-likeness (QED) is 0.934. The number of H-pyrrole nitrogens is 1. The molecule has 0 unspecified atom stereocenters. The van der Waals surface area contributed by atoms with Crippen molar-refractivity contribution in [1.82, 2.24) is 19.5 Å². The normalized spacial score (nSPS) is 20.5. The van der Waals surface area contributed by atoms with Gasteiger partial charge in [-0.3, -0.25) is 10.1 Å². The average molecular weight is 306 g/mol. The highest BCUT2D eigenvalue weighted by Gasteiger charge is 2.27. The molecule has 1 N–H and O–H groups in total. The van der Waals surface area contributed by atoms with Gasteiger partial charge < -0.3 is 0 Å². The minimum Gasteiger partial charge on any atom is -0.276 e. The van der Waals surface area contributed by atoms with Crippen LogP contribution in [0, 0.1) is 0 Å². The topological polar surface area (TPSA) is 79.0 Å². The van der Waals surface area contributed by atoms with Gasteiger partial charge in [-0.1, -0.05) is 0 Å². The Bertz CT molecular complexity index is 712. The first kappa shape index (κ1) is 14.2.